The number of hydrogen-bond donors (Lipinski definition) is 2. The number of aromatic hydroxyl groups is 1. The standard InChI is InChI=1S/C22H33NO6/c1-13(2)18(10-11-19(25)20(23)14(3)4)22(27)29-15(5)12-28-21(26)16-6-8-17(24)9-7-16/h6-9,13-15,18,20,24H,10-12,23H2,1-5H3/t15?,18-,20-/m1/s1. The summed E-state index contributed by atoms with van der Waals surface area (Å²) in [6.07, 6.45) is -0.0319. The molecule has 0 bridgehead atoms. The van der Waals surface area contributed by atoms with E-state index in [0.717, 1.165) is 0 Å². The fraction of sp³-hybridized carbons (Fsp3) is 0.591. The summed E-state index contributed by atoms with van der Waals surface area (Å²) >= 11 is 0. The number of nitrogens with two attached hydrogens (primary N) is 1. The summed E-state index contributed by atoms with van der Waals surface area (Å²) in [5, 5.41) is 9.25. The van der Waals surface area contributed by atoms with Gasteiger partial charge in [-0.25, -0.2) is 4.79 Å². The van der Waals surface area contributed by atoms with E-state index in [1.807, 2.05) is 27.7 Å². The molecule has 0 aliphatic rings. The van der Waals surface area contributed by atoms with Crippen molar-refractivity contribution in [2.24, 2.45) is 23.5 Å². The molecule has 0 aliphatic heterocycles. The van der Waals surface area contributed by atoms with Gasteiger partial charge in [-0.15, -0.1) is 0 Å². The average molecular weight is 408 g/mol. The van der Waals surface area contributed by atoms with Crippen molar-refractivity contribution in [3.8, 4) is 5.75 Å². The molecule has 3 N–H and O–H groups in total. The summed E-state index contributed by atoms with van der Waals surface area (Å²) in [6.45, 7) is 9.12. The van der Waals surface area contributed by atoms with Gasteiger partial charge >= 0.3 is 11.9 Å². The second-order valence-corrected chi connectivity index (χ2v) is 8.02. The predicted octanol–water partition coefficient (Wildman–Crippen LogP) is 3.09. The van der Waals surface area contributed by atoms with Crippen molar-refractivity contribution in [2.75, 3.05) is 6.61 Å². The van der Waals surface area contributed by atoms with Crippen LogP contribution in [-0.2, 0) is 19.1 Å². The number of Topliss-reactive ketones (excluding diaryl/α,β-unsaturated/α-hetero) is 1. The third-order valence-electron chi connectivity index (χ3n) is 4.77. The van der Waals surface area contributed by atoms with E-state index < -0.39 is 30.0 Å². The lowest BCUT2D eigenvalue weighted by Crippen LogP contribution is -2.36. The topological polar surface area (TPSA) is 116 Å². The first-order valence-electron chi connectivity index (χ1n) is 9.97. The Morgan fingerprint density at radius 2 is 1.59 bits per heavy atom. The third-order valence-corrected chi connectivity index (χ3v) is 4.77. The van der Waals surface area contributed by atoms with Gasteiger partial charge in [0.05, 0.1) is 17.5 Å². The minimum Gasteiger partial charge on any atom is -0.508 e. The van der Waals surface area contributed by atoms with Gasteiger partial charge < -0.3 is 20.3 Å². The van der Waals surface area contributed by atoms with E-state index in [4.69, 9.17) is 15.2 Å². The van der Waals surface area contributed by atoms with Crippen molar-refractivity contribution >= 4 is 17.7 Å². The van der Waals surface area contributed by atoms with E-state index in [0.29, 0.717) is 12.0 Å². The number of carbonyl (C=O) groups is 3. The summed E-state index contributed by atoms with van der Waals surface area (Å²) in [7, 11) is 0. The number of hydrogen-bond acceptors (Lipinski definition) is 7. The molecule has 1 aromatic rings. The number of benzene rings is 1. The quantitative estimate of drug-likeness (QED) is 0.542. The molecule has 0 aromatic heterocycles. The molecule has 0 spiro atoms. The molecule has 162 valence electrons. The van der Waals surface area contributed by atoms with Gasteiger partial charge in [-0.05, 0) is 49.4 Å². The van der Waals surface area contributed by atoms with Crippen LogP contribution in [0.5, 0.6) is 5.75 Å². The van der Waals surface area contributed by atoms with Crippen molar-refractivity contribution in [2.45, 2.75) is 59.6 Å². The number of ketones is 1. The van der Waals surface area contributed by atoms with Gasteiger partial charge in [-0.3, -0.25) is 9.59 Å². The Morgan fingerprint density at radius 1 is 1.00 bits per heavy atom. The van der Waals surface area contributed by atoms with E-state index >= 15 is 0 Å². The van der Waals surface area contributed by atoms with E-state index in [1.165, 1.54) is 24.3 Å². The zero-order valence-electron chi connectivity index (χ0n) is 17.9. The zero-order chi connectivity index (χ0) is 22.1. The molecule has 0 aliphatic carbocycles. The summed E-state index contributed by atoms with van der Waals surface area (Å²) < 4.78 is 10.6. The van der Waals surface area contributed by atoms with Gasteiger partial charge in [0.25, 0.3) is 0 Å². The highest BCUT2D eigenvalue weighted by Gasteiger charge is 2.28. The molecule has 3 atom stereocenters. The maximum Gasteiger partial charge on any atom is 0.338 e. The molecule has 1 aromatic carbocycles. The Labute approximate surface area is 172 Å². The first kappa shape index (κ1) is 24.6. The molecular weight excluding hydrogens is 374 g/mol. The lowest BCUT2D eigenvalue weighted by Gasteiger charge is -2.23. The first-order valence-corrected chi connectivity index (χ1v) is 9.97. The molecule has 0 radical (unpaired) electrons. The molecule has 0 fully saturated rings. The highest BCUT2D eigenvalue weighted by Crippen LogP contribution is 2.21. The SMILES string of the molecule is CC(COC(=O)c1ccc(O)cc1)OC(=O)[C@H](CCC(=O)[C@H](N)C(C)C)C(C)C. The van der Waals surface area contributed by atoms with Crippen molar-refractivity contribution < 1.29 is 29.0 Å². The fourth-order valence-corrected chi connectivity index (χ4v) is 2.75. The number of ether oxygens (including phenoxy) is 2. The highest BCUT2D eigenvalue weighted by molar-refractivity contribution is 5.89. The monoisotopic (exact) mass is 407 g/mol. The van der Waals surface area contributed by atoms with Crippen LogP contribution in [0.1, 0.15) is 57.8 Å². The molecular formula is C22H33NO6. The van der Waals surface area contributed by atoms with Crippen molar-refractivity contribution in [3.05, 3.63) is 29.8 Å². The Kier molecular flexibility index (Phi) is 9.81. The van der Waals surface area contributed by atoms with E-state index in [2.05, 4.69) is 0 Å². The van der Waals surface area contributed by atoms with Crippen LogP contribution in [0.2, 0.25) is 0 Å². The first-order chi connectivity index (χ1) is 13.5. The second kappa shape index (κ2) is 11.6. The van der Waals surface area contributed by atoms with E-state index in [9.17, 15) is 19.5 Å². The summed E-state index contributed by atoms with van der Waals surface area (Å²) in [5.41, 5.74) is 6.17. The van der Waals surface area contributed by atoms with Crippen molar-refractivity contribution in [3.63, 3.8) is 0 Å². The van der Waals surface area contributed by atoms with Crippen LogP contribution >= 0.6 is 0 Å². The van der Waals surface area contributed by atoms with Crippen molar-refractivity contribution in [1.82, 2.24) is 0 Å². The minimum absolute atomic E-state index is 0.00248. The minimum atomic E-state index is -0.626. The number of esters is 2. The van der Waals surface area contributed by atoms with Crippen molar-refractivity contribution in [1.29, 1.82) is 0 Å². The largest absolute Gasteiger partial charge is 0.508 e. The number of rotatable bonds is 11. The average Bonchev–Trinajstić information content (AvgIpc) is 2.65. The fourth-order valence-electron chi connectivity index (χ4n) is 2.75. The number of phenols is 1. The third kappa shape index (κ3) is 8.23. The van der Waals surface area contributed by atoms with Gasteiger partial charge in [-0.1, -0.05) is 27.7 Å². The van der Waals surface area contributed by atoms with Crippen LogP contribution < -0.4 is 5.73 Å². The lowest BCUT2D eigenvalue weighted by atomic mass is 9.88. The number of carbonyl (C=O) groups excluding carboxylic acids is 3. The van der Waals surface area contributed by atoms with E-state index in [-0.39, 0.29) is 36.4 Å². The molecule has 0 saturated heterocycles. The van der Waals surface area contributed by atoms with E-state index in [1.54, 1.807) is 6.92 Å². The normalized spacial score (nSPS) is 14.3. The molecule has 7 heteroatoms. The smallest absolute Gasteiger partial charge is 0.338 e. The molecule has 7 nitrogen and oxygen atoms in total. The number of phenolic OH excluding ortho intramolecular Hbond substituents is 1. The Balaban J connectivity index is 2.53. The molecule has 0 saturated carbocycles. The van der Waals surface area contributed by atoms with Crippen LogP contribution in [-0.4, -0.2) is 41.6 Å². The Bertz CT molecular complexity index is 683. The summed E-state index contributed by atoms with van der Waals surface area (Å²) in [6, 6.07) is 5.14. The lowest BCUT2D eigenvalue weighted by molar-refractivity contribution is -0.157. The maximum atomic E-state index is 12.5. The summed E-state index contributed by atoms with van der Waals surface area (Å²) in [4.78, 5) is 36.7. The van der Waals surface area contributed by atoms with Crippen LogP contribution in [0.15, 0.2) is 24.3 Å². The van der Waals surface area contributed by atoms with Gasteiger partial charge in [0.15, 0.2) is 0 Å². The van der Waals surface area contributed by atoms with Gasteiger partial charge in [-0.2, -0.15) is 0 Å². The van der Waals surface area contributed by atoms with Crippen LogP contribution in [0.3, 0.4) is 0 Å². The van der Waals surface area contributed by atoms with Crippen LogP contribution in [0, 0.1) is 17.8 Å². The molecule has 0 heterocycles. The molecule has 1 rings (SSSR count). The zero-order valence-corrected chi connectivity index (χ0v) is 17.9. The summed E-state index contributed by atoms with van der Waals surface area (Å²) in [5.74, 6) is -1.38. The van der Waals surface area contributed by atoms with Crippen LogP contribution in [0.4, 0.5) is 0 Å². The van der Waals surface area contributed by atoms with Gasteiger partial charge in [0.2, 0.25) is 0 Å². The van der Waals surface area contributed by atoms with Gasteiger partial charge in [0, 0.05) is 6.42 Å². The van der Waals surface area contributed by atoms with Crippen LogP contribution in [0.25, 0.3) is 0 Å². The molecule has 0 amide bonds. The Hall–Kier alpha value is -2.41. The molecule has 1 unspecified atom stereocenters. The molecule has 29 heavy (non-hydrogen) atoms. The maximum absolute atomic E-state index is 12.5. The predicted molar refractivity (Wildman–Crippen MR) is 109 cm³/mol. The second-order valence-electron chi connectivity index (χ2n) is 8.02. The van der Waals surface area contributed by atoms with Gasteiger partial charge in [0.1, 0.15) is 24.2 Å². The Morgan fingerprint density at radius 3 is 2.10 bits per heavy atom. The highest BCUT2D eigenvalue weighted by atomic mass is 16.6.